The molecule has 0 bridgehead atoms. The van der Waals surface area contributed by atoms with Gasteiger partial charge in [-0.2, -0.15) is 5.10 Å². The lowest BCUT2D eigenvalue weighted by Crippen LogP contribution is -2.29. The highest BCUT2D eigenvalue weighted by Crippen LogP contribution is 2.09. The number of sulfonamides is 1. The zero-order valence-corrected chi connectivity index (χ0v) is 15.3. The number of thiophene rings is 1. The Morgan fingerprint density at radius 1 is 1.43 bits per heavy atom. The molecular formula is C15H23N4O2S2+. The molecule has 23 heavy (non-hydrogen) atoms. The van der Waals surface area contributed by atoms with Crippen molar-refractivity contribution in [2.24, 2.45) is 12.1 Å². The number of aromatic nitrogens is 2. The number of aryl methyl sites for hydroxylation is 2. The highest BCUT2D eigenvalue weighted by molar-refractivity contribution is 7.89. The van der Waals surface area contributed by atoms with Crippen LogP contribution in [0.1, 0.15) is 30.5 Å². The molecule has 0 aromatic carbocycles. The van der Waals surface area contributed by atoms with Crippen molar-refractivity contribution in [3.8, 4) is 0 Å². The Morgan fingerprint density at radius 3 is 2.83 bits per heavy atom. The minimum absolute atomic E-state index is 0.0840. The SMILES string of the molecule is C/C(=N\NS(=O)(=O)CCCCn1cc[n+](C)c1C)c1cccs1. The Balaban J connectivity index is 1.78. The van der Waals surface area contributed by atoms with Crippen LogP contribution in [0.15, 0.2) is 35.0 Å². The average Bonchev–Trinajstić information content (AvgIpc) is 3.14. The van der Waals surface area contributed by atoms with Gasteiger partial charge in [-0.15, -0.1) is 11.3 Å². The maximum atomic E-state index is 12.0. The number of hydrogen-bond donors (Lipinski definition) is 1. The Hall–Kier alpha value is -1.67. The first-order valence-corrected chi connectivity index (χ1v) is 10.0. The van der Waals surface area contributed by atoms with E-state index in [9.17, 15) is 8.42 Å². The molecule has 2 aromatic heterocycles. The smallest absolute Gasteiger partial charge is 0.237 e. The van der Waals surface area contributed by atoms with Gasteiger partial charge in [0, 0.05) is 6.92 Å². The van der Waals surface area contributed by atoms with E-state index in [2.05, 4.69) is 14.5 Å². The number of hydrogen-bond acceptors (Lipinski definition) is 4. The zero-order valence-electron chi connectivity index (χ0n) is 13.7. The summed E-state index contributed by atoms with van der Waals surface area (Å²) >= 11 is 1.53. The summed E-state index contributed by atoms with van der Waals surface area (Å²) < 4.78 is 28.1. The van der Waals surface area contributed by atoms with Crippen molar-refractivity contribution < 1.29 is 13.0 Å². The van der Waals surface area contributed by atoms with Crippen LogP contribution >= 0.6 is 11.3 Å². The second kappa shape index (κ2) is 7.74. The molecular weight excluding hydrogens is 332 g/mol. The third-order valence-corrected chi connectivity index (χ3v) is 5.86. The lowest BCUT2D eigenvalue weighted by Gasteiger charge is -2.04. The number of nitrogens with one attached hydrogen (secondary N) is 1. The van der Waals surface area contributed by atoms with E-state index in [1.807, 2.05) is 48.4 Å². The van der Waals surface area contributed by atoms with E-state index in [0.717, 1.165) is 23.7 Å². The molecule has 0 radical (unpaired) electrons. The van der Waals surface area contributed by atoms with Crippen molar-refractivity contribution in [3.63, 3.8) is 0 Å². The van der Waals surface area contributed by atoms with Gasteiger partial charge in [0.05, 0.1) is 29.9 Å². The van der Waals surface area contributed by atoms with Gasteiger partial charge in [-0.1, -0.05) is 6.07 Å². The van der Waals surface area contributed by atoms with Crippen molar-refractivity contribution in [2.45, 2.75) is 33.2 Å². The lowest BCUT2D eigenvalue weighted by molar-refractivity contribution is -0.677. The molecule has 0 saturated heterocycles. The molecule has 0 aliphatic heterocycles. The molecule has 0 saturated carbocycles. The standard InChI is InChI=1S/C15H23N4O2S2/c1-13(15-7-6-11-22-15)16-17-23(20,21)12-5-4-8-19-10-9-18(3)14(19)2/h6-7,9-11,17H,4-5,8,12H2,1-3H3/q+1/b16-13+. The second-order valence-corrected chi connectivity index (χ2v) is 8.21. The molecule has 6 nitrogen and oxygen atoms in total. The average molecular weight is 356 g/mol. The lowest BCUT2D eigenvalue weighted by atomic mass is 10.3. The molecule has 2 aromatic rings. The van der Waals surface area contributed by atoms with Crippen LogP contribution in [0.3, 0.4) is 0 Å². The first-order valence-electron chi connectivity index (χ1n) is 7.48. The fourth-order valence-corrected chi connectivity index (χ4v) is 3.76. The van der Waals surface area contributed by atoms with Gasteiger partial charge >= 0.3 is 0 Å². The van der Waals surface area contributed by atoms with E-state index >= 15 is 0 Å². The highest BCUT2D eigenvalue weighted by atomic mass is 32.2. The first-order chi connectivity index (χ1) is 10.9. The summed E-state index contributed by atoms with van der Waals surface area (Å²) in [6.45, 7) is 4.66. The quantitative estimate of drug-likeness (QED) is 0.340. The number of hydrazone groups is 1. The summed E-state index contributed by atoms with van der Waals surface area (Å²) in [5, 5.41) is 5.91. The molecule has 0 spiro atoms. The Kier molecular flexibility index (Phi) is 5.95. The molecule has 0 fully saturated rings. The van der Waals surface area contributed by atoms with E-state index in [1.54, 1.807) is 6.92 Å². The zero-order chi connectivity index (χ0) is 16.9. The van der Waals surface area contributed by atoms with Gasteiger partial charge in [0.25, 0.3) is 5.82 Å². The normalized spacial score (nSPS) is 12.6. The third-order valence-electron chi connectivity index (χ3n) is 3.69. The van der Waals surface area contributed by atoms with Crippen LogP contribution in [0.2, 0.25) is 0 Å². The monoisotopic (exact) mass is 355 g/mol. The predicted molar refractivity (Wildman–Crippen MR) is 93.0 cm³/mol. The first kappa shape index (κ1) is 17.7. The van der Waals surface area contributed by atoms with E-state index in [1.165, 1.54) is 11.3 Å². The molecule has 0 aliphatic rings. The summed E-state index contributed by atoms with van der Waals surface area (Å²) in [4.78, 5) is 3.28. The molecule has 126 valence electrons. The van der Waals surface area contributed by atoms with Crippen molar-refractivity contribution in [2.75, 3.05) is 5.75 Å². The maximum absolute atomic E-state index is 12.0. The van der Waals surface area contributed by atoms with Gasteiger partial charge in [0.2, 0.25) is 10.0 Å². The van der Waals surface area contributed by atoms with Crippen molar-refractivity contribution in [1.82, 2.24) is 9.40 Å². The number of imidazole rings is 1. The van der Waals surface area contributed by atoms with E-state index in [0.29, 0.717) is 12.1 Å². The van der Waals surface area contributed by atoms with Gasteiger partial charge in [-0.05, 0) is 31.2 Å². The van der Waals surface area contributed by atoms with Crippen molar-refractivity contribution >= 4 is 27.1 Å². The van der Waals surface area contributed by atoms with Crippen LogP contribution < -0.4 is 9.40 Å². The fourth-order valence-electron chi connectivity index (χ4n) is 2.13. The molecule has 1 N–H and O–H groups in total. The van der Waals surface area contributed by atoms with Crippen LogP contribution in [-0.2, 0) is 23.6 Å². The van der Waals surface area contributed by atoms with E-state index in [4.69, 9.17) is 0 Å². The number of rotatable bonds is 8. The summed E-state index contributed by atoms with van der Waals surface area (Å²) in [6.07, 6.45) is 5.42. The van der Waals surface area contributed by atoms with Gasteiger partial charge in [-0.3, -0.25) is 0 Å². The summed E-state index contributed by atoms with van der Waals surface area (Å²) in [5.41, 5.74) is 0.680. The molecule has 2 heterocycles. The van der Waals surface area contributed by atoms with Gasteiger partial charge in [-0.25, -0.2) is 22.4 Å². The summed E-state index contributed by atoms with van der Waals surface area (Å²) in [7, 11) is -1.38. The highest BCUT2D eigenvalue weighted by Gasteiger charge is 2.11. The van der Waals surface area contributed by atoms with Crippen LogP contribution in [0.4, 0.5) is 0 Å². The summed E-state index contributed by atoms with van der Waals surface area (Å²) in [5.74, 6) is 1.24. The van der Waals surface area contributed by atoms with Crippen LogP contribution in [0, 0.1) is 6.92 Å². The Morgan fingerprint density at radius 2 is 2.22 bits per heavy atom. The fraction of sp³-hybridized carbons (Fsp3) is 0.467. The maximum Gasteiger partial charge on any atom is 0.253 e. The molecule has 8 heteroatoms. The van der Waals surface area contributed by atoms with Crippen molar-refractivity contribution in [1.29, 1.82) is 0 Å². The second-order valence-electron chi connectivity index (χ2n) is 5.44. The van der Waals surface area contributed by atoms with Crippen LogP contribution in [-0.4, -0.2) is 24.4 Å². The minimum Gasteiger partial charge on any atom is -0.237 e. The van der Waals surface area contributed by atoms with Gasteiger partial charge < -0.3 is 0 Å². The summed E-state index contributed by atoms with van der Waals surface area (Å²) in [6, 6.07) is 3.83. The Labute approximate surface area is 141 Å². The van der Waals surface area contributed by atoms with E-state index in [-0.39, 0.29) is 5.75 Å². The molecule has 0 aliphatic carbocycles. The molecule has 0 amide bonds. The largest absolute Gasteiger partial charge is 0.253 e. The Bertz CT molecular complexity index is 762. The van der Waals surface area contributed by atoms with Gasteiger partial charge in [0.1, 0.15) is 12.4 Å². The number of unbranched alkanes of at least 4 members (excludes halogenated alkanes) is 1. The molecule has 0 atom stereocenters. The molecule has 2 rings (SSSR count). The topological polar surface area (TPSA) is 67.3 Å². The van der Waals surface area contributed by atoms with Gasteiger partial charge in [0.15, 0.2) is 0 Å². The number of nitrogens with zero attached hydrogens (tertiary/aromatic N) is 3. The van der Waals surface area contributed by atoms with E-state index < -0.39 is 10.0 Å². The van der Waals surface area contributed by atoms with Crippen LogP contribution in [0.5, 0.6) is 0 Å². The minimum atomic E-state index is -3.37. The van der Waals surface area contributed by atoms with Crippen LogP contribution in [0.25, 0.3) is 0 Å². The van der Waals surface area contributed by atoms with Crippen molar-refractivity contribution in [3.05, 3.63) is 40.6 Å². The molecule has 0 unspecified atom stereocenters. The third kappa shape index (κ3) is 5.18. The predicted octanol–water partition coefficient (Wildman–Crippen LogP) is 1.81.